The lowest BCUT2D eigenvalue weighted by atomic mass is 10.1. The van der Waals surface area contributed by atoms with Gasteiger partial charge in [-0.2, -0.15) is 0 Å². The lowest BCUT2D eigenvalue weighted by Gasteiger charge is -2.16. The summed E-state index contributed by atoms with van der Waals surface area (Å²) in [5.41, 5.74) is 2.66. The first-order chi connectivity index (χ1) is 13.1. The Hall–Kier alpha value is -2.91. The highest BCUT2D eigenvalue weighted by molar-refractivity contribution is 7.89. The van der Waals surface area contributed by atoms with E-state index in [0.29, 0.717) is 17.1 Å². The van der Waals surface area contributed by atoms with E-state index >= 15 is 0 Å². The van der Waals surface area contributed by atoms with Crippen LogP contribution in [0.25, 0.3) is 0 Å². The maximum absolute atomic E-state index is 12.4. The Labute approximate surface area is 164 Å². The van der Waals surface area contributed by atoms with Crippen LogP contribution in [-0.2, 0) is 19.6 Å². The Morgan fingerprint density at radius 3 is 2.21 bits per heavy atom. The SMILES string of the molecule is COC(=O)c1cc(S(=O)(=O)N(C)C)ccc1Nc1ccc(NC(C)=O)c(C)c1. The second-order valence-corrected chi connectivity index (χ2v) is 8.47. The van der Waals surface area contributed by atoms with Crippen LogP contribution in [0.15, 0.2) is 41.3 Å². The lowest BCUT2D eigenvalue weighted by molar-refractivity contribution is -0.114. The van der Waals surface area contributed by atoms with E-state index in [-0.39, 0.29) is 16.4 Å². The number of hydrogen-bond donors (Lipinski definition) is 2. The van der Waals surface area contributed by atoms with E-state index in [0.717, 1.165) is 9.87 Å². The van der Waals surface area contributed by atoms with Gasteiger partial charge in [-0.05, 0) is 48.9 Å². The fourth-order valence-corrected chi connectivity index (χ4v) is 3.44. The third-order valence-corrected chi connectivity index (χ3v) is 5.80. The molecule has 0 aromatic heterocycles. The van der Waals surface area contributed by atoms with Gasteiger partial charge in [0.15, 0.2) is 0 Å². The first kappa shape index (κ1) is 21.4. The largest absolute Gasteiger partial charge is 0.465 e. The van der Waals surface area contributed by atoms with E-state index in [1.807, 2.05) is 6.92 Å². The summed E-state index contributed by atoms with van der Waals surface area (Å²) in [6.45, 7) is 3.27. The predicted molar refractivity (Wildman–Crippen MR) is 107 cm³/mol. The molecule has 0 heterocycles. The number of carbonyl (C=O) groups excluding carboxylic acids is 2. The average molecular weight is 405 g/mol. The van der Waals surface area contributed by atoms with Crippen molar-refractivity contribution in [3.05, 3.63) is 47.5 Å². The minimum absolute atomic E-state index is 0.0133. The molecule has 0 atom stereocenters. The lowest BCUT2D eigenvalue weighted by Crippen LogP contribution is -2.22. The Bertz CT molecular complexity index is 1020. The standard InChI is InChI=1S/C19H23N3O5S/c1-12-10-14(6-8-17(12)20-13(2)23)21-18-9-7-15(28(25,26)22(3)4)11-16(18)19(24)27-5/h6-11,21H,1-5H3,(H,20,23). The second kappa shape index (κ2) is 8.41. The van der Waals surface area contributed by atoms with Gasteiger partial charge in [-0.3, -0.25) is 4.79 Å². The number of carbonyl (C=O) groups is 2. The Balaban J connectivity index is 2.44. The molecule has 2 aromatic rings. The summed E-state index contributed by atoms with van der Waals surface area (Å²) in [5, 5.41) is 5.82. The highest BCUT2D eigenvalue weighted by atomic mass is 32.2. The summed E-state index contributed by atoms with van der Waals surface area (Å²) in [4.78, 5) is 23.4. The summed E-state index contributed by atoms with van der Waals surface area (Å²) in [7, 11) is 0.362. The third-order valence-electron chi connectivity index (χ3n) is 3.99. The van der Waals surface area contributed by atoms with Crippen molar-refractivity contribution in [2.24, 2.45) is 0 Å². The van der Waals surface area contributed by atoms with Crippen molar-refractivity contribution in [2.75, 3.05) is 31.8 Å². The molecule has 8 nitrogen and oxygen atoms in total. The topological polar surface area (TPSA) is 105 Å². The zero-order chi connectivity index (χ0) is 21.1. The molecule has 28 heavy (non-hydrogen) atoms. The number of esters is 1. The quantitative estimate of drug-likeness (QED) is 0.716. The summed E-state index contributed by atoms with van der Waals surface area (Å²) in [5.74, 6) is -0.834. The van der Waals surface area contributed by atoms with Gasteiger partial charge in [0.25, 0.3) is 0 Å². The maximum atomic E-state index is 12.4. The summed E-state index contributed by atoms with van der Waals surface area (Å²) < 4.78 is 30.6. The first-order valence-electron chi connectivity index (χ1n) is 8.36. The Morgan fingerprint density at radius 1 is 1.04 bits per heavy atom. The van der Waals surface area contributed by atoms with Crippen molar-refractivity contribution >= 4 is 39.0 Å². The van der Waals surface area contributed by atoms with Crippen LogP contribution >= 0.6 is 0 Å². The molecule has 2 aromatic carbocycles. The van der Waals surface area contributed by atoms with E-state index < -0.39 is 16.0 Å². The fourth-order valence-electron chi connectivity index (χ4n) is 2.51. The number of methoxy groups -OCH3 is 1. The molecule has 0 saturated heterocycles. The van der Waals surface area contributed by atoms with Crippen LogP contribution < -0.4 is 10.6 Å². The molecule has 0 unspecified atom stereocenters. The molecule has 0 radical (unpaired) electrons. The molecule has 2 rings (SSSR count). The Kier molecular flexibility index (Phi) is 6.42. The zero-order valence-corrected chi connectivity index (χ0v) is 17.2. The van der Waals surface area contributed by atoms with Gasteiger partial charge in [-0.1, -0.05) is 0 Å². The Morgan fingerprint density at radius 2 is 1.68 bits per heavy atom. The van der Waals surface area contributed by atoms with Crippen molar-refractivity contribution in [3.63, 3.8) is 0 Å². The third kappa shape index (κ3) is 4.68. The van der Waals surface area contributed by atoms with Crippen molar-refractivity contribution in [1.82, 2.24) is 4.31 Å². The van der Waals surface area contributed by atoms with E-state index in [9.17, 15) is 18.0 Å². The molecule has 0 spiro atoms. The second-order valence-electron chi connectivity index (χ2n) is 6.32. The van der Waals surface area contributed by atoms with Crippen molar-refractivity contribution in [3.8, 4) is 0 Å². The predicted octanol–water partition coefficient (Wildman–Crippen LogP) is 2.73. The molecule has 0 fully saturated rings. The molecule has 0 aliphatic carbocycles. The summed E-state index contributed by atoms with van der Waals surface area (Å²) in [6, 6.07) is 9.49. The number of amides is 1. The number of sulfonamides is 1. The van der Waals surface area contributed by atoms with Gasteiger partial charge in [0.05, 0.1) is 23.3 Å². The number of rotatable bonds is 6. The highest BCUT2D eigenvalue weighted by Crippen LogP contribution is 2.28. The molecular formula is C19H23N3O5S. The van der Waals surface area contributed by atoms with Crippen LogP contribution in [-0.4, -0.2) is 45.8 Å². The van der Waals surface area contributed by atoms with Crippen LogP contribution in [0.2, 0.25) is 0 Å². The van der Waals surface area contributed by atoms with Crippen LogP contribution in [0.5, 0.6) is 0 Å². The van der Waals surface area contributed by atoms with Gasteiger partial charge in [0, 0.05) is 32.4 Å². The minimum Gasteiger partial charge on any atom is -0.465 e. The number of hydrogen-bond acceptors (Lipinski definition) is 6. The van der Waals surface area contributed by atoms with Crippen LogP contribution in [0, 0.1) is 6.92 Å². The highest BCUT2D eigenvalue weighted by Gasteiger charge is 2.21. The average Bonchev–Trinajstić information content (AvgIpc) is 2.63. The van der Waals surface area contributed by atoms with Crippen molar-refractivity contribution < 1.29 is 22.7 Å². The molecule has 1 amide bonds. The van der Waals surface area contributed by atoms with Crippen LogP contribution in [0.3, 0.4) is 0 Å². The molecule has 0 bridgehead atoms. The molecule has 2 N–H and O–H groups in total. The van der Waals surface area contributed by atoms with Gasteiger partial charge in [-0.15, -0.1) is 0 Å². The molecule has 9 heteroatoms. The normalized spacial score (nSPS) is 11.2. The van der Waals surface area contributed by atoms with E-state index in [1.54, 1.807) is 18.2 Å². The monoisotopic (exact) mass is 405 g/mol. The molecule has 0 aliphatic heterocycles. The molecule has 0 aliphatic rings. The zero-order valence-electron chi connectivity index (χ0n) is 16.4. The number of nitrogens with one attached hydrogen (secondary N) is 2. The minimum atomic E-state index is -3.70. The van der Waals surface area contributed by atoms with Crippen LogP contribution in [0.4, 0.5) is 17.1 Å². The number of nitrogens with zero attached hydrogens (tertiary/aromatic N) is 1. The fraction of sp³-hybridized carbons (Fsp3) is 0.263. The summed E-state index contributed by atoms with van der Waals surface area (Å²) >= 11 is 0. The summed E-state index contributed by atoms with van der Waals surface area (Å²) in [6.07, 6.45) is 0. The van der Waals surface area contributed by atoms with Gasteiger partial charge in [-0.25, -0.2) is 17.5 Å². The molecule has 0 saturated carbocycles. The van der Waals surface area contributed by atoms with Gasteiger partial charge in [0.1, 0.15) is 0 Å². The maximum Gasteiger partial charge on any atom is 0.340 e. The van der Waals surface area contributed by atoms with E-state index in [4.69, 9.17) is 4.74 Å². The molecular weight excluding hydrogens is 382 g/mol. The number of benzene rings is 2. The van der Waals surface area contributed by atoms with Crippen LogP contribution in [0.1, 0.15) is 22.8 Å². The smallest absolute Gasteiger partial charge is 0.340 e. The number of aryl methyl sites for hydroxylation is 1. The number of ether oxygens (including phenoxy) is 1. The van der Waals surface area contributed by atoms with Gasteiger partial charge in [0.2, 0.25) is 15.9 Å². The van der Waals surface area contributed by atoms with Crippen molar-refractivity contribution in [2.45, 2.75) is 18.7 Å². The van der Waals surface area contributed by atoms with E-state index in [2.05, 4.69) is 10.6 Å². The molecule has 150 valence electrons. The van der Waals surface area contributed by atoms with Gasteiger partial charge < -0.3 is 15.4 Å². The van der Waals surface area contributed by atoms with Gasteiger partial charge >= 0.3 is 5.97 Å². The first-order valence-corrected chi connectivity index (χ1v) is 9.80. The van der Waals surface area contributed by atoms with E-state index in [1.165, 1.54) is 46.3 Å². The number of anilines is 3. The van der Waals surface area contributed by atoms with Crippen molar-refractivity contribution in [1.29, 1.82) is 0 Å².